The first-order chi connectivity index (χ1) is 6.83. The van der Waals surface area contributed by atoms with Crippen LogP contribution in [0.3, 0.4) is 0 Å². The van der Waals surface area contributed by atoms with E-state index < -0.39 is 0 Å². The van der Waals surface area contributed by atoms with E-state index in [4.69, 9.17) is 5.26 Å². The monoisotopic (exact) mass is 186 g/mol. The topological polar surface area (TPSA) is 69.2 Å². The number of hydrogen-bond donors (Lipinski definition) is 1. The first-order valence-electron chi connectivity index (χ1n) is 4.12. The minimum atomic E-state index is 0.249. The lowest BCUT2D eigenvalue weighted by atomic mass is 10.2. The minimum absolute atomic E-state index is 0.249. The molecule has 5 heteroatoms. The van der Waals surface area contributed by atoms with Gasteiger partial charge in [0.1, 0.15) is 10.8 Å². The first kappa shape index (κ1) is 8.38. The van der Waals surface area contributed by atoms with Crippen molar-refractivity contribution in [2.45, 2.75) is 6.92 Å². The molecule has 1 aromatic heterocycles. The molecule has 0 saturated carbocycles. The number of tetrazole rings is 1. The van der Waals surface area contributed by atoms with Gasteiger partial charge >= 0.3 is 5.82 Å². The zero-order valence-electron chi connectivity index (χ0n) is 7.60. The Hall–Kier alpha value is -2.22. The molecule has 1 heterocycles. The van der Waals surface area contributed by atoms with Gasteiger partial charge in [0, 0.05) is 0 Å². The summed E-state index contributed by atoms with van der Waals surface area (Å²) in [6.07, 6.45) is 0. The molecule has 68 valence electrons. The number of hydrogen-bond acceptors (Lipinski definition) is 3. The zero-order valence-corrected chi connectivity index (χ0v) is 7.60. The molecule has 14 heavy (non-hydrogen) atoms. The van der Waals surface area contributed by atoms with Crippen LogP contribution in [0, 0.1) is 18.3 Å². The molecule has 2 aromatic rings. The van der Waals surface area contributed by atoms with Crippen LogP contribution in [0.5, 0.6) is 0 Å². The Morgan fingerprint density at radius 3 is 2.93 bits per heavy atom. The Morgan fingerprint density at radius 2 is 2.21 bits per heavy atom. The minimum Gasteiger partial charge on any atom is -0.186 e. The van der Waals surface area contributed by atoms with E-state index in [9.17, 15) is 0 Å². The van der Waals surface area contributed by atoms with E-state index in [2.05, 4.69) is 15.5 Å². The third-order valence-electron chi connectivity index (χ3n) is 1.96. The molecule has 0 atom stereocenters. The largest absolute Gasteiger partial charge is 0.408 e. The van der Waals surface area contributed by atoms with Gasteiger partial charge in [-0.05, 0) is 18.6 Å². The Morgan fingerprint density at radius 1 is 1.43 bits per heavy atom. The van der Waals surface area contributed by atoms with Gasteiger partial charge in [0.2, 0.25) is 0 Å². The van der Waals surface area contributed by atoms with E-state index in [0.29, 0.717) is 0 Å². The van der Waals surface area contributed by atoms with Crippen molar-refractivity contribution in [1.29, 1.82) is 5.26 Å². The number of H-pyrrole nitrogens is 1. The molecule has 1 N–H and O–H groups in total. The predicted octanol–water partition coefficient (Wildman–Crippen LogP) is 0.262. The molecule has 2 rings (SSSR count). The standard InChI is InChI=1S/C9H7N5/c1-7-4-2-3-5-8(7)14-9(6-10)11-12-13-14/h2-5H,1H3/p+1. The fraction of sp³-hybridized carbons (Fsp3) is 0.111. The van der Waals surface area contributed by atoms with Gasteiger partial charge in [-0.15, -0.1) is 4.68 Å². The number of rotatable bonds is 1. The third-order valence-corrected chi connectivity index (χ3v) is 1.96. The molecular formula is C9H8N5+. The molecule has 0 aliphatic heterocycles. The van der Waals surface area contributed by atoms with Gasteiger partial charge < -0.3 is 0 Å². The highest BCUT2D eigenvalue weighted by Gasteiger charge is 2.16. The molecule has 0 aliphatic rings. The van der Waals surface area contributed by atoms with Crippen molar-refractivity contribution in [3.8, 4) is 11.8 Å². The van der Waals surface area contributed by atoms with Crippen LogP contribution < -0.4 is 4.68 Å². The summed E-state index contributed by atoms with van der Waals surface area (Å²) >= 11 is 0. The van der Waals surface area contributed by atoms with Gasteiger partial charge in [-0.2, -0.15) is 5.26 Å². The number of aryl methyl sites for hydroxylation is 1. The average Bonchev–Trinajstić information content (AvgIpc) is 2.66. The number of aromatic amines is 1. The summed E-state index contributed by atoms with van der Waals surface area (Å²) in [5.74, 6) is 0.249. The molecule has 0 unspecified atom stereocenters. The maximum absolute atomic E-state index is 8.77. The van der Waals surface area contributed by atoms with Crippen LogP contribution in [-0.4, -0.2) is 15.5 Å². The number of nitrogens with zero attached hydrogens (tertiary/aromatic N) is 4. The second-order valence-corrected chi connectivity index (χ2v) is 2.86. The molecule has 5 nitrogen and oxygen atoms in total. The highest BCUT2D eigenvalue weighted by atomic mass is 15.5. The molecule has 0 aliphatic carbocycles. The summed E-state index contributed by atoms with van der Waals surface area (Å²) in [6.45, 7) is 1.96. The summed E-state index contributed by atoms with van der Waals surface area (Å²) in [7, 11) is 0. The van der Waals surface area contributed by atoms with Gasteiger partial charge in [0.05, 0.1) is 0 Å². The number of nitriles is 1. The van der Waals surface area contributed by atoms with Gasteiger partial charge in [0.25, 0.3) is 0 Å². The molecule has 0 amide bonds. The normalized spacial score (nSPS) is 9.71. The highest BCUT2D eigenvalue weighted by Crippen LogP contribution is 2.05. The van der Waals surface area contributed by atoms with E-state index in [1.165, 1.54) is 0 Å². The van der Waals surface area contributed by atoms with Crippen molar-refractivity contribution in [3.05, 3.63) is 35.7 Å². The Balaban J connectivity index is 2.62. The van der Waals surface area contributed by atoms with Crippen molar-refractivity contribution < 1.29 is 4.68 Å². The lowest BCUT2D eigenvalue weighted by molar-refractivity contribution is -0.663. The van der Waals surface area contributed by atoms with Gasteiger partial charge in [-0.3, -0.25) is 0 Å². The first-order valence-corrected chi connectivity index (χ1v) is 4.12. The van der Waals surface area contributed by atoms with Crippen LogP contribution in [-0.2, 0) is 0 Å². The third kappa shape index (κ3) is 1.23. The van der Waals surface area contributed by atoms with Crippen LogP contribution in [0.4, 0.5) is 0 Å². The van der Waals surface area contributed by atoms with Crippen LogP contribution in [0.2, 0.25) is 0 Å². The fourth-order valence-electron chi connectivity index (χ4n) is 1.26. The number of benzene rings is 1. The van der Waals surface area contributed by atoms with E-state index in [1.54, 1.807) is 4.68 Å². The molecule has 0 fully saturated rings. The summed E-state index contributed by atoms with van der Waals surface area (Å²) in [4.78, 5) is 0. The van der Waals surface area contributed by atoms with Crippen molar-refractivity contribution in [2.75, 3.05) is 0 Å². The van der Waals surface area contributed by atoms with E-state index in [1.807, 2.05) is 37.3 Å². The maximum Gasteiger partial charge on any atom is 0.408 e. The Labute approximate surface area is 80.6 Å². The molecular weight excluding hydrogens is 178 g/mol. The van der Waals surface area contributed by atoms with Crippen LogP contribution in [0.15, 0.2) is 24.3 Å². The van der Waals surface area contributed by atoms with Crippen molar-refractivity contribution in [3.63, 3.8) is 0 Å². The maximum atomic E-state index is 8.77. The second-order valence-electron chi connectivity index (χ2n) is 2.86. The van der Waals surface area contributed by atoms with Crippen molar-refractivity contribution in [1.82, 2.24) is 15.5 Å². The predicted molar refractivity (Wildman–Crippen MR) is 47.4 cm³/mol. The summed E-state index contributed by atoms with van der Waals surface area (Å²) in [5.41, 5.74) is 1.94. The van der Waals surface area contributed by atoms with Gasteiger partial charge in [-0.1, -0.05) is 23.4 Å². The van der Waals surface area contributed by atoms with Gasteiger partial charge in [0.15, 0.2) is 11.3 Å². The van der Waals surface area contributed by atoms with Crippen LogP contribution in [0.25, 0.3) is 5.69 Å². The van der Waals surface area contributed by atoms with Crippen molar-refractivity contribution >= 4 is 0 Å². The quantitative estimate of drug-likeness (QED) is 0.649. The van der Waals surface area contributed by atoms with Crippen molar-refractivity contribution in [2.24, 2.45) is 0 Å². The lowest BCUT2D eigenvalue weighted by Gasteiger charge is -1.98. The van der Waals surface area contributed by atoms with Crippen LogP contribution in [0.1, 0.15) is 11.4 Å². The molecule has 0 bridgehead atoms. The zero-order chi connectivity index (χ0) is 9.97. The molecule has 0 radical (unpaired) electrons. The van der Waals surface area contributed by atoms with E-state index in [-0.39, 0.29) is 5.82 Å². The van der Waals surface area contributed by atoms with Crippen LogP contribution >= 0.6 is 0 Å². The fourth-order valence-corrected chi connectivity index (χ4v) is 1.26. The highest BCUT2D eigenvalue weighted by molar-refractivity contribution is 5.32. The summed E-state index contributed by atoms with van der Waals surface area (Å²) in [6, 6.07) is 9.66. The summed E-state index contributed by atoms with van der Waals surface area (Å²) in [5, 5.41) is 18.6. The van der Waals surface area contributed by atoms with Gasteiger partial charge in [-0.25, -0.2) is 0 Å². The lowest BCUT2D eigenvalue weighted by Crippen LogP contribution is -2.36. The Bertz CT molecular complexity index is 494. The van der Waals surface area contributed by atoms with E-state index >= 15 is 0 Å². The molecule has 0 saturated heterocycles. The molecule has 0 spiro atoms. The SMILES string of the molecule is Cc1ccccc1-[n+]1[nH]nnc1C#N. The molecule has 1 aromatic carbocycles. The Kier molecular flexibility index (Phi) is 1.95. The average molecular weight is 186 g/mol. The number of para-hydroxylation sites is 1. The number of nitrogens with one attached hydrogen (secondary N) is 1. The summed E-state index contributed by atoms with van der Waals surface area (Å²) < 4.78 is 1.55. The smallest absolute Gasteiger partial charge is 0.186 e. The second kappa shape index (κ2) is 3.26. The van der Waals surface area contributed by atoms with E-state index in [0.717, 1.165) is 11.3 Å². The number of aromatic nitrogens is 4.